The van der Waals surface area contributed by atoms with E-state index in [1.54, 1.807) is 69.3 Å². The van der Waals surface area contributed by atoms with E-state index in [1.807, 2.05) is 47.7 Å². The Balaban J connectivity index is 2.12. The summed E-state index contributed by atoms with van der Waals surface area (Å²) >= 11 is 6.41. The Morgan fingerprint density at radius 3 is 1.71 bits per heavy atom. The van der Waals surface area contributed by atoms with Crippen LogP contribution in [0.15, 0.2) is 66.7 Å². The molecule has 0 heterocycles. The molecule has 0 aliphatic heterocycles. The van der Waals surface area contributed by atoms with Crippen LogP contribution in [0, 0.1) is 5.92 Å². The van der Waals surface area contributed by atoms with E-state index in [0.717, 1.165) is 4.90 Å². The molecule has 0 aliphatic rings. The average molecular weight is 914 g/mol. The lowest BCUT2D eigenvalue weighted by molar-refractivity contribution is -0.144. The molecule has 0 saturated carbocycles. The SMILES string of the molecule is COc1ccc(C(NC(=O)C[C@H](NC(=O)[C@H](NC(=O)[C@@H](CC(C)C)N(C)C(=O)OC(C)(C)C)[C@H](O[Si](C)(C)C(C)(C)C)c2ccc(O)c(Cl)c2)C(=O)O)c2ccc(OC)cc2)cc1. The number of carboxylic acid groups (broad SMARTS) is 1. The van der Waals surface area contributed by atoms with Crippen molar-refractivity contribution in [3.63, 3.8) is 0 Å². The predicted molar refractivity (Wildman–Crippen MR) is 243 cm³/mol. The van der Waals surface area contributed by atoms with Gasteiger partial charge < -0.3 is 44.8 Å². The smallest absolute Gasteiger partial charge is 0.410 e. The largest absolute Gasteiger partial charge is 0.506 e. The highest BCUT2D eigenvalue weighted by Gasteiger charge is 2.45. The molecule has 4 atom stereocenters. The fourth-order valence-corrected chi connectivity index (χ4v) is 7.67. The number of phenolic OH excluding ortho intramolecular Hbond substituents is 1. The van der Waals surface area contributed by atoms with Gasteiger partial charge in [0.25, 0.3) is 0 Å². The number of halogens is 1. The number of carbonyl (C=O) groups is 5. The van der Waals surface area contributed by atoms with Crippen LogP contribution in [-0.2, 0) is 28.3 Å². The number of aliphatic carboxylic acids is 1. The first-order chi connectivity index (χ1) is 29.2. The lowest BCUT2D eigenvalue weighted by Crippen LogP contribution is -2.60. The van der Waals surface area contributed by atoms with Crippen molar-refractivity contribution in [2.24, 2.45) is 5.92 Å². The first kappa shape index (κ1) is 52.0. The maximum absolute atomic E-state index is 14.8. The van der Waals surface area contributed by atoms with E-state index in [0.29, 0.717) is 22.6 Å². The molecule has 3 rings (SSSR count). The number of aromatic hydroxyl groups is 1. The van der Waals surface area contributed by atoms with Gasteiger partial charge in [0.1, 0.15) is 41.0 Å². The lowest BCUT2D eigenvalue weighted by Gasteiger charge is -2.42. The Kier molecular flexibility index (Phi) is 18.0. The van der Waals surface area contributed by atoms with Crippen molar-refractivity contribution < 1.29 is 52.8 Å². The molecule has 0 unspecified atom stereocenters. The van der Waals surface area contributed by atoms with Crippen LogP contribution in [0.3, 0.4) is 0 Å². The number of nitrogens with one attached hydrogen (secondary N) is 3. The van der Waals surface area contributed by atoms with Gasteiger partial charge in [-0.1, -0.05) is 76.6 Å². The van der Waals surface area contributed by atoms with Gasteiger partial charge in [0, 0.05) is 7.05 Å². The van der Waals surface area contributed by atoms with Gasteiger partial charge in [-0.15, -0.1) is 0 Å². The van der Waals surface area contributed by atoms with Gasteiger partial charge in [0.05, 0.1) is 37.8 Å². The van der Waals surface area contributed by atoms with E-state index >= 15 is 0 Å². The summed E-state index contributed by atoms with van der Waals surface area (Å²) < 4.78 is 23.1. The number of benzene rings is 3. The van der Waals surface area contributed by atoms with Crippen LogP contribution < -0.4 is 25.4 Å². The van der Waals surface area contributed by atoms with E-state index in [4.69, 9.17) is 30.2 Å². The quantitative estimate of drug-likeness (QED) is 0.0736. The zero-order chi connectivity index (χ0) is 47.6. The molecule has 0 saturated heterocycles. The van der Waals surface area contributed by atoms with Crippen molar-refractivity contribution in [1.82, 2.24) is 20.9 Å². The monoisotopic (exact) mass is 912 g/mol. The molecule has 63 heavy (non-hydrogen) atoms. The number of methoxy groups -OCH3 is 2. The molecule has 346 valence electrons. The summed E-state index contributed by atoms with van der Waals surface area (Å²) in [6.07, 6.45) is -2.63. The van der Waals surface area contributed by atoms with Crippen molar-refractivity contribution >= 4 is 49.7 Å². The normalized spacial score (nSPS) is 13.9. The Morgan fingerprint density at radius 2 is 1.29 bits per heavy atom. The molecule has 0 aromatic heterocycles. The maximum atomic E-state index is 14.8. The molecule has 4 amide bonds. The molecule has 0 radical (unpaired) electrons. The van der Waals surface area contributed by atoms with Crippen LogP contribution >= 0.6 is 11.6 Å². The van der Waals surface area contributed by atoms with Crippen LogP contribution in [0.25, 0.3) is 0 Å². The van der Waals surface area contributed by atoms with E-state index in [2.05, 4.69) is 16.0 Å². The second-order valence-electron chi connectivity index (χ2n) is 18.4. The Morgan fingerprint density at radius 1 is 0.778 bits per heavy atom. The number of carboxylic acids is 1. The molecular formula is C46H65ClN4O11Si. The molecule has 0 bridgehead atoms. The molecule has 3 aromatic rings. The molecule has 5 N–H and O–H groups in total. The van der Waals surface area contributed by atoms with Gasteiger partial charge >= 0.3 is 12.1 Å². The summed E-state index contributed by atoms with van der Waals surface area (Å²) in [5.74, 6) is -3.16. The van der Waals surface area contributed by atoms with Crippen molar-refractivity contribution in [3.8, 4) is 17.2 Å². The van der Waals surface area contributed by atoms with Crippen LogP contribution in [0.2, 0.25) is 23.2 Å². The minimum atomic E-state index is -2.86. The topological polar surface area (TPSA) is 202 Å². The van der Waals surface area contributed by atoms with Gasteiger partial charge in [-0.25, -0.2) is 9.59 Å². The fourth-order valence-electron chi connectivity index (χ4n) is 6.22. The number of likely N-dealkylation sites (N-methyl/N-ethyl adjacent to an activating group) is 1. The molecule has 0 aliphatic carbocycles. The standard InChI is InChI=1S/C46H65ClN4O11Si/c1-27(2)24-35(51(9)44(58)61-45(3,4)5)41(54)50-39(40(62-63(12,13)46(6,7)8)30-18-23-36(52)33(47)25-30)42(55)48-34(43(56)57)26-37(53)49-38(28-14-19-31(59-10)20-15-28)29-16-21-32(60-11)22-17-29/h14-23,25,27,34-35,38-40,52H,24,26H2,1-13H3,(H,48,55)(H,49,53)(H,50,54)(H,56,57)/t34-,35+,39+,40+/m0/s1. The summed E-state index contributed by atoms with van der Waals surface area (Å²) in [7, 11) is 1.62. The zero-order valence-electron chi connectivity index (χ0n) is 38.6. The Hall–Kier alpha value is -5.32. The summed E-state index contributed by atoms with van der Waals surface area (Å²) in [6, 6.07) is 12.8. The molecular weight excluding hydrogens is 848 g/mol. The molecule has 15 nitrogen and oxygen atoms in total. The number of nitrogens with zero attached hydrogens (tertiary/aromatic N) is 1. The fraction of sp³-hybridized carbons (Fsp3) is 0.500. The van der Waals surface area contributed by atoms with Crippen molar-refractivity contribution in [2.75, 3.05) is 21.3 Å². The Labute approximate surface area is 377 Å². The molecule has 3 aromatic carbocycles. The Bertz CT molecular complexity index is 2000. The summed E-state index contributed by atoms with van der Waals surface area (Å²) in [6.45, 7) is 18.6. The maximum Gasteiger partial charge on any atom is 0.410 e. The highest BCUT2D eigenvalue weighted by molar-refractivity contribution is 6.74. The van der Waals surface area contributed by atoms with E-state index in [-0.39, 0.29) is 28.7 Å². The third-order valence-electron chi connectivity index (χ3n) is 10.8. The number of phenols is 1. The van der Waals surface area contributed by atoms with Gasteiger partial charge in [-0.3, -0.25) is 19.3 Å². The second kappa shape index (κ2) is 21.8. The molecule has 0 spiro atoms. The number of carbonyl (C=O) groups excluding carboxylic acids is 4. The minimum Gasteiger partial charge on any atom is -0.506 e. The van der Waals surface area contributed by atoms with Gasteiger partial charge in [-0.2, -0.15) is 0 Å². The second-order valence-corrected chi connectivity index (χ2v) is 23.5. The summed E-state index contributed by atoms with van der Waals surface area (Å²) in [5.41, 5.74) is 0.737. The average Bonchev–Trinajstić information content (AvgIpc) is 3.19. The highest BCUT2D eigenvalue weighted by atomic mass is 35.5. The van der Waals surface area contributed by atoms with Crippen LogP contribution in [-0.4, -0.2) is 98.2 Å². The van der Waals surface area contributed by atoms with Crippen molar-refractivity contribution in [3.05, 3.63) is 88.4 Å². The predicted octanol–water partition coefficient (Wildman–Crippen LogP) is 7.76. The van der Waals surface area contributed by atoms with E-state index in [1.165, 1.54) is 39.5 Å². The van der Waals surface area contributed by atoms with E-state index < -0.39 is 85.4 Å². The first-order valence-corrected chi connectivity index (χ1v) is 24.0. The highest BCUT2D eigenvalue weighted by Crippen LogP contribution is 2.42. The van der Waals surface area contributed by atoms with Crippen LogP contribution in [0.5, 0.6) is 17.2 Å². The first-order valence-electron chi connectivity index (χ1n) is 20.7. The molecule has 0 fully saturated rings. The lowest BCUT2D eigenvalue weighted by atomic mass is 9.97. The van der Waals surface area contributed by atoms with Crippen LogP contribution in [0.4, 0.5) is 4.79 Å². The zero-order valence-corrected chi connectivity index (χ0v) is 40.4. The third kappa shape index (κ3) is 14.9. The number of ether oxygens (including phenoxy) is 3. The number of hydrogen-bond acceptors (Lipinski definition) is 10. The number of amides is 4. The van der Waals surface area contributed by atoms with E-state index in [9.17, 15) is 34.2 Å². The number of hydrogen-bond donors (Lipinski definition) is 5. The summed E-state index contributed by atoms with van der Waals surface area (Å²) in [5, 5.41) is 28.6. The number of rotatable bonds is 19. The van der Waals surface area contributed by atoms with Crippen molar-refractivity contribution in [1.29, 1.82) is 0 Å². The van der Waals surface area contributed by atoms with Gasteiger partial charge in [0.15, 0.2) is 8.32 Å². The van der Waals surface area contributed by atoms with Gasteiger partial charge in [-0.05, 0) is 104 Å². The third-order valence-corrected chi connectivity index (χ3v) is 15.5. The summed E-state index contributed by atoms with van der Waals surface area (Å²) in [4.78, 5) is 70.7. The molecule has 17 heteroatoms. The minimum absolute atomic E-state index is 0.0625. The van der Waals surface area contributed by atoms with Crippen molar-refractivity contribution in [2.45, 2.75) is 122 Å². The van der Waals surface area contributed by atoms with Gasteiger partial charge in [0.2, 0.25) is 17.7 Å². The van der Waals surface area contributed by atoms with Crippen LogP contribution in [0.1, 0.15) is 97.1 Å².